The number of piperidine rings is 1. The van der Waals surface area contributed by atoms with Gasteiger partial charge in [0.2, 0.25) is 0 Å². The van der Waals surface area contributed by atoms with Crippen molar-refractivity contribution in [1.82, 2.24) is 4.90 Å². The average Bonchev–Trinajstić information content (AvgIpc) is 2.39. The molecular weight excluding hydrogens is 236 g/mol. The van der Waals surface area contributed by atoms with Crippen molar-refractivity contribution < 1.29 is 4.92 Å². The molecule has 90 valence electrons. The summed E-state index contributed by atoms with van der Waals surface area (Å²) in [6.45, 7) is 1.92. The smallest absolute Gasteiger partial charge is 0.270 e. The number of thiocarbonyl (C=S) groups is 1. The van der Waals surface area contributed by atoms with Crippen LogP contribution in [-0.2, 0) is 0 Å². The molecular formula is C12H14N2O2S. The highest BCUT2D eigenvalue weighted by Gasteiger charge is 2.16. The standard InChI is InChI=1S/C12H14N2O2S/c15-14(16)11-6-4-5-10(9-11)12(17)13-7-2-1-3-8-13/h4-6,9H,1-3,7-8H2. The molecule has 0 N–H and O–H groups in total. The van der Waals surface area contributed by atoms with Crippen molar-refractivity contribution in [3.63, 3.8) is 0 Å². The number of hydrogen-bond acceptors (Lipinski definition) is 3. The highest BCUT2D eigenvalue weighted by Crippen LogP contribution is 2.18. The minimum atomic E-state index is -0.387. The van der Waals surface area contributed by atoms with Crippen molar-refractivity contribution in [3.8, 4) is 0 Å². The van der Waals surface area contributed by atoms with E-state index in [9.17, 15) is 10.1 Å². The number of nitrogens with zero attached hydrogens (tertiary/aromatic N) is 2. The fourth-order valence-corrected chi connectivity index (χ4v) is 2.34. The van der Waals surface area contributed by atoms with Gasteiger partial charge in [-0.2, -0.15) is 0 Å². The van der Waals surface area contributed by atoms with E-state index in [0.717, 1.165) is 36.5 Å². The molecule has 1 heterocycles. The Morgan fingerprint density at radius 2 is 2.00 bits per heavy atom. The van der Waals surface area contributed by atoms with E-state index in [2.05, 4.69) is 4.90 Å². The van der Waals surface area contributed by atoms with Gasteiger partial charge in [0.25, 0.3) is 5.69 Å². The Hall–Kier alpha value is -1.49. The predicted molar refractivity (Wildman–Crippen MR) is 70.2 cm³/mol. The molecule has 0 saturated carbocycles. The van der Waals surface area contributed by atoms with E-state index in [1.807, 2.05) is 6.07 Å². The molecule has 5 heteroatoms. The number of nitro benzene ring substituents is 1. The summed E-state index contributed by atoms with van der Waals surface area (Å²) in [6.07, 6.45) is 3.54. The van der Waals surface area contributed by atoms with Gasteiger partial charge in [0.1, 0.15) is 4.99 Å². The van der Waals surface area contributed by atoms with Gasteiger partial charge in [0.05, 0.1) is 4.92 Å². The maximum atomic E-state index is 10.7. The Bertz CT molecular complexity index is 442. The Balaban J connectivity index is 2.18. The molecule has 0 radical (unpaired) electrons. The van der Waals surface area contributed by atoms with E-state index >= 15 is 0 Å². The number of rotatable bonds is 2. The SMILES string of the molecule is O=[N+]([O-])c1cccc(C(=S)N2CCCCC2)c1. The summed E-state index contributed by atoms with van der Waals surface area (Å²) >= 11 is 5.39. The Labute approximate surface area is 105 Å². The summed E-state index contributed by atoms with van der Waals surface area (Å²) in [5, 5.41) is 10.7. The fraction of sp³-hybridized carbons (Fsp3) is 0.417. The minimum absolute atomic E-state index is 0.0989. The third-order valence-electron chi connectivity index (χ3n) is 2.95. The van der Waals surface area contributed by atoms with Crippen molar-refractivity contribution in [1.29, 1.82) is 0 Å². The lowest BCUT2D eigenvalue weighted by Gasteiger charge is -2.29. The first-order chi connectivity index (χ1) is 8.18. The van der Waals surface area contributed by atoms with Gasteiger partial charge in [0.15, 0.2) is 0 Å². The summed E-state index contributed by atoms with van der Waals surface area (Å²) in [6, 6.07) is 6.56. The van der Waals surface area contributed by atoms with Gasteiger partial charge in [-0.05, 0) is 19.3 Å². The van der Waals surface area contributed by atoms with Crippen molar-refractivity contribution in [3.05, 3.63) is 39.9 Å². The van der Waals surface area contributed by atoms with Gasteiger partial charge in [-0.25, -0.2) is 0 Å². The third kappa shape index (κ3) is 2.79. The molecule has 1 aliphatic heterocycles. The number of likely N-dealkylation sites (tertiary alicyclic amines) is 1. The van der Waals surface area contributed by atoms with E-state index in [1.165, 1.54) is 12.5 Å². The molecule has 1 aromatic rings. The molecule has 4 nitrogen and oxygen atoms in total. The summed E-state index contributed by atoms with van der Waals surface area (Å²) in [4.78, 5) is 13.2. The Morgan fingerprint density at radius 3 is 2.65 bits per heavy atom. The van der Waals surface area contributed by atoms with Crippen LogP contribution in [0.1, 0.15) is 24.8 Å². The zero-order valence-corrected chi connectivity index (χ0v) is 10.3. The molecule has 1 aliphatic rings. The molecule has 17 heavy (non-hydrogen) atoms. The molecule has 0 bridgehead atoms. The van der Waals surface area contributed by atoms with Gasteiger partial charge in [0, 0.05) is 30.8 Å². The van der Waals surface area contributed by atoms with Gasteiger partial charge in [-0.1, -0.05) is 24.4 Å². The highest BCUT2D eigenvalue weighted by molar-refractivity contribution is 7.80. The molecule has 1 aromatic carbocycles. The fourth-order valence-electron chi connectivity index (χ4n) is 2.03. The summed E-state index contributed by atoms with van der Waals surface area (Å²) < 4.78 is 0. The lowest BCUT2D eigenvalue weighted by molar-refractivity contribution is -0.384. The van der Waals surface area contributed by atoms with Gasteiger partial charge < -0.3 is 4.90 Å². The van der Waals surface area contributed by atoms with Crippen molar-refractivity contribution >= 4 is 22.9 Å². The molecule has 0 aromatic heterocycles. The van der Waals surface area contributed by atoms with E-state index in [4.69, 9.17) is 12.2 Å². The van der Waals surface area contributed by atoms with E-state index < -0.39 is 0 Å². The topological polar surface area (TPSA) is 46.4 Å². The van der Waals surface area contributed by atoms with Crippen LogP contribution in [0.3, 0.4) is 0 Å². The van der Waals surface area contributed by atoms with E-state index in [0.29, 0.717) is 0 Å². The number of benzene rings is 1. The third-order valence-corrected chi connectivity index (χ3v) is 3.44. The molecule has 0 atom stereocenters. The van der Waals surface area contributed by atoms with Crippen molar-refractivity contribution in [2.24, 2.45) is 0 Å². The Morgan fingerprint density at radius 1 is 1.29 bits per heavy atom. The maximum Gasteiger partial charge on any atom is 0.270 e. The molecule has 0 amide bonds. The van der Waals surface area contributed by atoms with Crippen LogP contribution in [0.5, 0.6) is 0 Å². The monoisotopic (exact) mass is 250 g/mol. The minimum Gasteiger partial charge on any atom is -0.362 e. The first-order valence-electron chi connectivity index (χ1n) is 5.72. The zero-order valence-electron chi connectivity index (χ0n) is 9.46. The van der Waals surface area contributed by atoms with Crippen LogP contribution in [-0.4, -0.2) is 27.9 Å². The molecule has 0 unspecified atom stereocenters. The normalized spacial score (nSPS) is 15.6. The number of nitro groups is 1. The summed E-state index contributed by atoms with van der Waals surface area (Å²) in [5.41, 5.74) is 0.873. The van der Waals surface area contributed by atoms with Crippen LogP contribution >= 0.6 is 12.2 Å². The molecule has 0 spiro atoms. The van der Waals surface area contributed by atoms with Crippen LogP contribution in [0.15, 0.2) is 24.3 Å². The van der Waals surface area contributed by atoms with Crippen molar-refractivity contribution in [2.75, 3.05) is 13.1 Å². The van der Waals surface area contributed by atoms with Gasteiger partial charge in [-0.15, -0.1) is 0 Å². The summed E-state index contributed by atoms with van der Waals surface area (Å²) in [5.74, 6) is 0. The average molecular weight is 250 g/mol. The summed E-state index contributed by atoms with van der Waals surface area (Å²) in [7, 11) is 0. The second-order valence-electron chi connectivity index (χ2n) is 4.16. The van der Waals surface area contributed by atoms with Crippen LogP contribution < -0.4 is 0 Å². The largest absolute Gasteiger partial charge is 0.362 e. The first-order valence-corrected chi connectivity index (χ1v) is 6.13. The number of hydrogen-bond donors (Lipinski definition) is 0. The van der Waals surface area contributed by atoms with Crippen LogP contribution in [0.4, 0.5) is 5.69 Å². The lowest BCUT2D eigenvalue weighted by atomic mass is 10.1. The van der Waals surface area contributed by atoms with Crippen LogP contribution in [0, 0.1) is 10.1 Å². The molecule has 2 rings (SSSR count). The second-order valence-corrected chi connectivity index (χ2v) is 4.55. The molecule has 0 aliphatic carbocycles. The molecule has 1 fully saturated rings. The molecule has 1 saturated heterocycles. The quantitative estimate of drug-likeness (QED) is 0.460. The Kier molecular flexibility index (Phi) is 3.68. The van der Waals surface area contributed by atoms with Gasteiger partial charge in [-0.3, -0.25) is 10.1 Å². The van der Waals surface area contributed by atoms with Crippen molar-refractivity contribution in [2.45, 2.75) is 19.3 Å². The van der Waals surface area contributed by atoms with Crippen LogP contribution in [0.2, 0.25) is 0 Å². The first kappa shape index (κ1) is 12.0. The van der Waals surface area contributed by atoms with E-state index in [-0.39, 0.29) is 10.6 Å². The second kappa shape index (κ2) is 5.23. The zero-order chi connectivity index (χ0) is 12.3. The highest BCUT2D eigenvalue weighted by atomic mass is 32.1. The lowest BCUT2D eigenvalue weighted by Crippen LogP contribution is -2.34. The maximum absolute atomic E-state index is 10.7. The van der Waals surface area contributed by atoms with Gasteiger partial charge >= 0.3 is 0 Å². The van der Waals surface area contributed by atoms with E-state index in [1.54, 1.807) is 12.1 Å². The van der Waals surface area contributed by atoms with Crippen LogP contribution in [0.25, 0.3) is 0 Å². The predicted octanol–water partition coefficient (Wildman–Crippen LogP) is 2.76. The number of non-ortho nitro benzene ring substituents is 1.